The SMILES string of the molecule is Cc1ccc(C(=O)Nc2ccc(N3CCC(Cc4ccccc4)CC3)c(C(=O)NCc3cccnc3)c2)cc1. The normalized spacial score (nSPS) is 13.6. The molecule has 0 bridgehead atoms. The number of hydrogen-bond donors (Lipinski definition) is 2. The number of piperidine rings is 1. The molecule has 1 aliphatic heterocycles. The molecule has 0 saturated carbocycles. The summed E-state index contributed by atoms with van der Waals surface area (Å²) in [5.41, 5.74) is 6.02. The molecule has 0 unspecified atom stereocenters. The first kappa shape index (κ1) is 26.2. The smallest absolute Gasteiger partial charge is 0.255 e. The molecule has 0 aliphatic carbocycles. The molecule has 6 nitrogen and oxygen atoms in total. The molecule has 198 valence electrons. The van der Waals surface area contributed by atoms with E-state index in [1.54, 1.807) is 30.6 Å². The Morgan fingerprint density at radius 1 is 0.872 bits per heavy atom. The van der Waals surface area contributed by atoms with Gasteiger partial charge in [-0.3, -0.25) is 14.6 Å². The van der Waals surface area contributed by atoms with Crippen molar-refractivity contribution >= 4 is 23.2 Å². The second kappa shape index (κ2) is 12.4. The van der Waals surface area contributed by atoms with E-state index in [1.165, 1.54) is 5.56 Å². The highest BCUT2D eigenvalue weighted by Gasteiger charge is 2.24. The number of aromatic nitrogens is 1. The zero-order valence-electron chi connectivity index (χ0n) is 22.3. The number of nitrogens with zero attached hydrogens (tertiary/aromatic N) is 2. The lowest BCUT2D eigenvalue weighted by Gasteiger charge is -2.35. The molecule has 1 aromatic heterocycles. The fraction of sp³-hybridized carbons (Fsp3) is 0.242. The first-order valence-corrected chi connectivity index (χ1v) is 13.5. The Kier molecular flexibility index (Phi) is 8.32. The summed E-state index contributed by atoms with van der Waals surface area (Å²) < 4.78 is 0. The standard InChI is InChI=1S/C33H34N4O2/c1-24-9-11-28(12-10-24)32(38)36-29-13-14-31(30(21-29)33(39)35-23-27-8-5-17-34-22-27)37-18-15-26(16-19-37)20-25-6-3-2-4-7-25/h2-14,17,21-22,26H,15-16,18-20,23H2,1H3,(H,35,39)(H,36,38). The van der Waals surface area contributed by atoms with E-state index in [-0.39, 0.29) is 11.8 Å². The number of carbonyl (C=O) groups is 2. The van der Waals surface area contributed by atoms with Crippen molar-refractivity contribution in [1.82, 2.24) is 10.3 Å². The third kappa shape index (κ3) is 6.90. The van der Waals surface area contributed by atoms with Gasteiger partial charge in [0.1, 0.15) is 0 Å². The van der Waals surface area contributed by atoms with E-state index in [9.17, 15) is 9.59 Å². The molecule has 39 heavy (non-hydrogen) atoms. The molecule has 4 aromatic rings. The number of hydrogen-bond acceptors (Lipinski definition) is 4. The van der Waals surface area contributed by atoms with Crippen LogP contribution in [0.25, 0.3) is 0 Å². The third-order valence-electron chi connectivity index (χ3n) is 7.31. The minimum Gasteiger partial charge on any atom is -0.371 e. The van der Waals surface area contributed by atoms with Gasteiger partial charge in [-0.05, 0) is 79.6 Å². The van der Waals surface area contributed by atoms with Gasteiger partial charge in [0, 0.05) is 49.0 Å². The van der Waals surface area contributed by atoms with Gasteiger partial charge in [-0.15, -0.1) is 0 Å². The summed E-state index contributed by atoms with van der Waals surface area (Å²) >= 11 is 0. The predicted molar refractivity (Wildman–Crippen MR) is 156 cm³/mol. The quantitative estimate of drug-likeness (QED) is 0.299. The lowest BCUT2D eigenvalue weighted by Crippen LogP contribution is -2.36. The summed E-state index contributed by atoms with van der Waals surface area (Å²) in [4.78, 5) is 32.8. The predicted octanol–water partition coefficient (Wildman–Crippen LogP) is 6.03. The van der Waals surface area contributed by atoms with Gasteiger partial charge in [0.25, 0.3) is 11.8 Å². The average molecular weight is 519 g/mol. The number of aryl methyl sites for hydroxylation is 1. The first-order valence-electron chi connectivity index (χ1n) is 13.5. The molecule has 0 radical (unpaired) electrons. The van der Waals surface area contributed by atoms with E-state index in [0.717, 1.165) is 49.2 Å². The highest BCUT2D eigenvalue weighted by molar-refractivity contribution is 6.06. The van der Waals surface area contributed by atoms with Crippen LogP contribution in [0.3, 0.4) is 0 Å². The van der Waals surface area contributed by atoms with Gasteiger partial charge >= 0.3 is 0 Å². The Labute approximate surface area is 230 Å². The molecular weight excluding hydrogens is 484 g/mol. The summed E-state index contributed by atoms with van der Waals surface area (Å²) in [5, 5.41) is 6.00. The van der Waals surface area contributed by atoms with Crippen LogP contribution in [0.2, 0.25) is 0 Å². The molecule has 1 fully saturated rings. The van der Waals surface area contributed by atoms with E-state index >= 15 is 0 Å². The third-order valence-corrected chi connectivity index (χ3v) is 7.31. The molecule has 2 amide bonds. The van der Waals surface area contributed by atoms with Crippen molar-refractivity contribution in [3.63, 3.8) is 0 Å². The highest BCUT2D eigenvalue weighted by atomic mass is 16.2. The number of rotatable bonds is 8. The highest BCUT2D eigenvalue weighted by Crippen LogP contribution is 2.30. The number of carbonyl (C=O) groups excluding carboxylic acids is 2. The van der Waals surface area contributed by atoms with Crippen LogP contribution in [0.1, 0.15) is 50.2 Å². The van der Waals surface area contributed by atoms with Crippen LogP contribution in [0, 0.1) is 12.8 Å². The first-order chi connectivity index (χ1) is 19.0. The molecule has 0 spiro atoms. The lowest BCUT2D eigenvalue weighted by molar-refractivity contribution is 0.0950. The molecule has 0 atom stereocenters. The summed E-state index contributed by atoms with van der Waals surface area (Å²) in [6.07, 6.45) is 6.67. The lowest BCUT2D eigenvalue weighted by atomic mass is 9.89. The molecule has 5 rings (SSSR count). The average Bonchev–Trinajstić information content (AvgIpc) is 2.98. The summed E-state index contributed by atoms with van der Waals surface area (Å²) in [7, 11) is 0. The molecular formula is C33H34N4O2. The van der Waals surface area contributed by atoms with Crippen molar-refractivity contribution in [2.45, 2.75) is 32.7 Å². The molecule has 2 heterocycles. The van der Waals surface area contributed by atoms with E-state index in [1.807, 2.05) is 43.3 Å². The number of amides is 2. The van der Waals surface area contributed by atoms with Crippen molar-refractivity contribution in [3.05, 3.63) is 125 Å². The topological polar surface area (TPSA) is 74.3 Å². The Morgan fingerprint density at radius 3 is 2.33 bits per heavy atom. The van der Waals surface area contributed by atoms with Gasteiger partial charge in [0.15, 0.2) is 0 Å². The van der Waals surface area contributed by atoms with Gasteiger partial charge in [-0.2, -0.15) is 0 Å². The molecule has 1 aliphatic rings. The van der Waals surface area contributed by atoms with Crippen molar-refractivity contribution < 1.29 is 9.59 Å². The zero-order chi connectivity index (χ0) is 27.0. The largest absolute Gasteiger partial charge is 0.371 e. The fourth-order valence-electron chi connectivity index (χ4n) is 5.09. The number of benzene rings is 3. The molecule has 6 heteroatoms. The van der Waals surface area contributed by atoms with Crippen molar-refractivity contribution in [3.8, 4) is 0 Å². The van der Waals surface area contributed by atoms with Crippen LogP contribution in [0.4, 0.5) is 11.4 Å². The molecule has 2 N–H and O–H groups in total. The van der Waals surface area contributed by atoms with E-state index in [0.29, 0.717) is 29.3 Å². The Morgan fingerprint density at radius 2 is 1.62 bits per heavy atom. The van der Waals surface area contributed by atoms with Crippen LogP contribution in [0.5, 0.6) is 0 Å². The Bertz CT molecular complexity index is 1400. The maximum absolute atomic E-state index is 13.5. The van der Waals surface area contributed by atoms with Gasteiger partial charge in [-0.25, -0.2) is 0 Å². The molecule has 1 saturated heterocycles. The van der Waals surface area contributed by atoms with Crippen LogP contribution in [0.15, 0.2) is 97.3 Å². The maximum atomic E-state index is 13.5. The summed E-state index contributed by atoms with van der Waals surface area (Å²) in [6.45, 7) is 4.14. The van der Waals surface area contributed by atoms with Crippen LogP contribution < -0.4 is 15.5 Å². The van der Waals surface area contributed by atoms with Crippen molar-refractivity contribution in [2.24, 2.45) is 5.92 Å². The fourth-order valence-corrected chi connectivity index (χ4v) is 5.09. The minimum absolute atomic E-state index is 0.174. The molecule has 3 aromatic carbocycles. The summed E-state index contributed by atoms with van der Waals surface area (Å²) in [6, 6.07) is 27.5. The monoisotopic (exact) mass is 518 g/mol. The number of nitrogens with one attached hydrogen (secondary N) is 2. The zero-order valence-corrected chi connectivity index (χ0v) is 22.3. The maximum Gasteiger partial charge on any atom is 0.255 e. The van der Waals surface area contributed by atoms with E-state index < -0.39 is 0 Å². The second-order valence-corrected chi connectivity index (χ2v) is 10.2. The van der Waals surface area contributed by atoms with Gasteiger partial charge in [-0.1, -0.05) is 54.1 Å². The summed E-state index contributed by atoms with van der Waals surface area (Å²) in [5.74, 6) is 0.248. The second-order valence-electron chi connectivity index (χ2n) is 10.2. The Balaban J connectivity index is 1.32. The van der Waals surface area contributed by atoms with Crippen LogP contribution in [-0.2, 0) is 13.0 Å². The van der Waals surface area contributed by atoms with E-state index in [4.69, 9.17) is 0 Å². The van der Waals surface area contributed by atoms with Crippen LogP contribution >= 0.6 is 0 Å². The van der Waals surface area contributed by atoms with Crippen molar-refractivity contribution in [2.75, 3.05) is 23.3 Å². The van der Waals surface area contributed by atoms with Gasteiger partial charge in [0.05, 0.1) is 5.56 Å². The Hall–Kier alpha value is -4.45. The minimum atomic E-state index is -0.203. The number of anilines is 2. The van der Waals surface area contributed by atoms with Gasteiger partial charge in [0.2, 0.25) is 0 Å². The van der Waals surface area contributed by atoms with E-state index in [2.05, 4.69) is 50.8 Å². The van der Waals surface area contributed by atoms with Gasteiger partial charge < -0.3 is 15.5 Å². The van der Waals surface area contributed by atoms with Crippen molar-refractivity contribution in [1.29, 1.82) is 0 Å². The number of pyridine rings is 1. The van der Waals surface area contributed by atoms with Crippen LogP contribution in [-0.4, -0.2) is 29.9 Å².